The average molecular weight is 810 g/mol. The molecule has 12 rings (SSSR count). The van der Waals surface area contributed by atoms with Crippen LogP contribution < -0.4 is 10.6 Å². The molecule has 3 aliphatic rings. The van der Waals surface area contributed by atoms with Crippen molar-refractivity contribution in [3.05, 3.63) is 257 Å². The van der Waals surface area contributed by atoms with E-state index in [-0.39, 0.29) is 12.2 Å². The highest BCUT2D eigenvalue weighted by molar-refractivity contribution is 7.99. The molecule has 0 saturated heterocycles. The van der Waals surface area contributed by atoms with Gasteiger partial charge < -0.3 is 5.32 Å². The standard InChI is InChI=1S/C58H39N3S/c59-36-37-26-28-38(29-27-37)42-32-33-45(44-19-8-7-18-43(42)44)46-20-13-23-50-56(46)47-31-30-41(34-51(47)58(50)48-21-9-11-24-54(48)62-55-25-12-10-22-49(55)58)53-35-52(39-14-3-1-4-15-39)60-57(61-53)40-16-5-2-6-17-40/h1-35,53,57,60-61H. The third-order valence-corrected chi connectivity index (χ3v) is 14.2. The van der Waals surface area contributed by atoms with Crippen molar-refractivity contribution in [1.29, 1.82) is 5.26 Å². The van der Waals surface area contributed by atoms with Crippen LogP contribution in [0.2, 0.25) is 0 Å². The maximum absolute atomic E-state index is 9.51. The molecule has 4 heteroatoms. The van der Waals surface area contributed by atoms with Crippen LogP contribution in [-0.2, 0) is 5.41 Å². The maximum Gasteiger partial charge on any atom is 0.104 e. The summed E-state index contributed by atoms with van der Waals surface area (Å²) in [6.45, 7) is 0. The fourth-order valence-electron chi connectivity index (χ4n) is 10.3. The fourth-order valence-corrected chi connectivity index (χ4v) is 11.5. The molecule has 0 amide bonds. The van der Waals surface area contributed by atoms with Crippen molar-refractivity contribution in [3.63, 3.8) is 0 Å². The van der Waals surface area contributed by atoms with Gasteiger partial charge in [-0.05, 0) is 113 Å². The van der Waals surface area contributed by atoms with E-state index in [1.54, 1.807) is 0 Å². The highest BCUT2D eigenvalue weighted by atomic mass is 32.2. The summed E-state index contributed by atoms with van der Waals surface area (Å²) in [7, 11) is 0. The van der Waals surface area contributed by atoms with Gasteiger partial charge in [0.1, 0.15) is 6.17 Å². The molecule has 0 radical (unpaired) electrons. The first kappa shape index (κ1) is 36.4. The Kier molecular flexibility index (Phi) is 8.60. The smallest absolute Gasteiger partial charge is 0.104 e. The molecule has 0 bridgehead atoms. The number of hydrogen-bond acceptors (Lipinski definition) is 4. The molecule has 1 aliphatic carbocycles. The van der Waals surface area contributed by atoms with Crippen LogP contribution in [0.25, 0.3) is 49.9 Å². The fraction of sp³-hybridized carbons (Fsp3) is 0.0517. The Labute approximate surface area is 366 Å². The summed E-state index contributed by atoms with van der Waals surface area (Å²) in [6.07, 6.45) is 2.28. The first-order valence-corrected chi connectivity index (χ1v) is 22.0. The van der Waals surface area contributed by atoms with E-state index in [1.165, 1.54) is 81.8 Å². The third kappa shape index (κ3) is 5.63. The van der Waals surface area contributed by atoms with Crippen LogP contribution in [-0.4, -0.2) is 0 Å². The summed E-state index contributed by atoms with van der Waals surface area (Å²) in [5, 5.41) is 19.7. The number of hydrogen-bond donors (Lipinski definition) is 2. The van der Waals surface area contributed by atoms with Gasteiger partial charge >= 0.3 is 0 Å². The van der Waals surface area contributed by atoms with Crippen molar-refractivity contribution in [1.82, 2.24) is 10.6 Å². The number of rotatable bonds is 5. The number of benzene rings is 9. The number of nitrogens with zero attached hydrogens (tertiary/aromatic N) is 1. The molecule has 2 heterocycles. The molecule has 0 saturated carbocycles. The second kappa shape index (κ2) is 14.6. The summed E-state index contributed by atoms with van der Waals surface area (Å²) in [6, 6.07) is 77.2. The van der Waals surface area contributed by atoms with Crippen LogP contribution in [0.4, 0.5) is 0 Å². The minimum absolute atomic E-state index is 0.0654. The highest BCUT2D eigenvalue weighted by Gasteiger charge is 2.51. The summed E-state index contributed by atoms with van der Waals surface area (Å²) >= 11 is 1.88. The lowest BCUT2D eigenvalue weighted by Crippen LogP contribution is -2.39. The van der Waals surface area contributed by atoms with E-state index in [1.807, 2.05) is 23.9 Å². The van der Waals surface area contributed by atoms with Crippen molar-refractivity contribution in [2.75, 3.05) is 0 Å². The monoisotopic (exact) mass is 809 g/mol. The Bertz CT molecular complexity index is 3250. The van der Waals surface area contributed by atoms with Crippen molar-refractivity contribution < 1.29 is 0 Å². The van der Waals surface area contributed by atoms with E-state index in [0.29, 0.717) is 5.56 Å². The van der Waals surface area contributed by atoms with Gasteiger partial charge in [0.25, 0.3) is 0 Å². The molecule has 2 unspecified atom stereocenters. The molecular formula is C58H39N3S. The second-order valence-corrected chi connectivity index (χ2v) is 17.4. The van der Waals surface area contributed by atoms with Gasteiger partial charge in [0.15, 0.2) is 0 Å². The zero-order valence-electron chi connectivity index (χ0n) is 33.7. The molecule has 2 atom stereocenters. The van der Waals surface area contributed by atoms with Gasteiger partial charge in [-0.15, -0.1) is 0 Å². The minimum Gasteiger partial charge on any atom is -0.366 e. The lowest BCUT2D eigenvalue weighted by atomic mass is 9.67. The summed E-state index contributed by atoms with van der Waals surface area (Å²) in [5.74, 6) is 0. The lowest BCUT2D eigenvalue weighted by Gasteiger charge is -2.40. The summed E-state index contributed by atoms with van der Waals surface area (Å²) in [5.41, 5.74) is 17.3. The minimum atomic E-state index is -0.551. The van der Waals surface area contributed by atoms with Crippen LogP contribution in [0.3, 0.4) is 0 Å². The van der Waals surface area contributed by atoms with Gasteiger partial charge in [0.2, 0.25) is 0 Å². The van der Waals surface area contributed by atoms with Gasteiger partial charge in [-0.2, -0.15) is 5.26 Å². The Hall–Kier alpha value is -7.42. The zero-order valence-corrected chi connectivity index (χ0v) is 34.5. The molecule has 0 aromatic heterocycles. The van der Waals surface area contributed by atoms with Crippen LogP contribution >= 0.6 is 11.8 Å². The molecular weight excluding hydrogens is 771 g/mol. The van der Waals surface area contributed by atoms with E-state index in [0.717, 1.165) is 16.8 Å². The first-order chi connectivity index (χ1) is 30.7. The van der Waals surface area contributed by atoms with E-state index >= 15 is 0 Å². The molecule has 2 N–H and O–H groups in total. The predicted octanol–water partition coefficient (Wildman–Crippen LogP) is 13.8. The first-order valence-electron chi connectivity index (χ1n) is 21.2. The Morgan fingerprint density at radius 3 is 1.81 bits per heavy atom. The van der Waals surface area contributed by atoms with Crippen LogP contribution in [0.5, 0.6) is 0 Å². The van der Waals surface area contributed by atoms with E-state index < -0.39 is 5.41 Å². The number of nitrogens with one attached hydrogen (secondary N) is 2. The topological polar surface area (TPSA) is 47.9 Å². The Balaban J connectivity index is 1.10. The van der Waals surface area contributed by atoms with Crippen molar-refractivity contribution in [2.24, 2.45) is 0 Å². The van der Waals surface area contributed by atoms with Gasteiger partial charge in [0.05, 0.1) is 23.1 Å². The predicted molar refractivity (Wildman–Crippen MR) is 254 cm³/mol. The van der Waals surface area contributed by atoms with E-state index in [2.05, 4.69) is 217 Å². The van der Waals surface area contributed by atoms with Gasteiger partial charge in [-0.25, -0.2) is 0 Å². The van der Waals surface area contributed by atoms with Gasteiger partial charge in [0, 0.05) is 15.5 Å². The van der Waals surface area contributed by atoms with Gasteiger partial charge in [-0.3, -0.25) is 5.32 Å². The highest BCUT2D eigenvalue weighted by Crippen LogP contribution is 2.64. The molecule has 292 valence electrons. The SMILES string of the molecule is N#Cc1ccc(-c2ccc(-c3cccc4c3-c3ccc(C5C=C(c6ccccc6)NC(c6ccccc6)N5)cc3C43c4ccccc4Sc4ccccc43)c3ccccc23)cc1. The molecule has 62 heavy (non-hydrogen) atoms. The molecule has 3 nitrogen and oxygen atoms in total. The van der Waals surface area contributed by atoms with Crippen LogP contribution in [0.15, 0.2) is 222 Å². The van der Waals surface area contributed by atoms with Crippen molar-refractivity contribution >= 4 is 28.2 Å². The molecule has 0 fully saturated rings. The van der Waals surface area contributed by atoms with E-state index in [4.69, 9.17) is 0 Å². The third-order valence-electron chi connectivity index (χ3n) is 13.1. The average Bonchev–Trinajstić information content (AvgIpc) is 3.64. The molecule has 2 aliphatic heterocycles. The van der Waals surface area contributed by atoms with E-state index in [9.17, 15) is 5.26 Å². The van der Waals surface area contributed by atoms with Crippen molar-refractivity contribution in [3.8, 4) is 39.4 Å². The molecule has 9 aromatic carbocycles. The molecule has 9 aromatic rings. The van der Waals surface area contributed by atoms with Crippen LogP contribution in [0.1, 0.15) is 56.7 Å². The second-order valence-electron chi connectivity index (χ2n) is 16.4. The number of fused-ring (bicyclic) bond motifs is 10. The number of nitriles is 1. The Morgan fingerprint density at radius 2 is 1.08 bits per heavy atom. The summed E-state index contributed by atoms with van der Waals surface area (Å²) < 4.78 is 0. The maximum atomic E-state index is 9.51. The molecule has 1 spiro atoms. The normalized spacial score (nSPS) is 16.6. The lowest BCUT2D eigenvalue weighted by molar-refractivity contribution is 0.442. The quantitative estimate of drug-likeness (QED) is 0.182. The van der Waals surface area contributed by atoms with Gasteiger partial charge in [-0.1, -0.05) is 194 Å². The largest absolute Gasteiger partial charge is 0.366 e. The van der Waals surface area contributed by atoms with Crippen molar-refractivity contribution in [2.45, 2.75) is 27.4 Å². The Morgan fingerprint density at radius 1 is 0.468 bits per heavy atom. The van der Waals surface area contributed by atoms with Crippen LogP contribution in [0, 0.1) is 11.3 Å². The summed E-state index contributed by atoms with van der Waals surface area (Å²) in [4.78, 5) is 2.57. The zero-order chi connectivity index (χ0) is 41.2.